The Morgan fingerprint density at radius 3 is 2.53 bits per heavy atom. The van der Waals surface area contributed by atoms with E-state index in [0.717, 1.165) is 0 Å². The van der Waals surface area contributed by atoms with E-state index in [1.807, 2.05) is 0 Å². The molecule has 0 spiro atoms. The molecule has 1 aliphatic heterocycles. The first-order valence-electron chi connectivity index (χ1n) is 6.25. The highest BCUT2D eigenvalue weighted by Crippen LogP contribution is 2.15. The molecule has 0 bridgehead atoms. The molecule has 1 N–H and O–H groups in total. The van der Waals surface area contributed by atoms with E-state index in [1.54, 1.807) is 29.2 Å². The van der Waals surface area contributed by atoms with E-state index in [2.05, 4.69) is 5.32 Å². The van der Waals surface area contributed by atoms with Crippen LogP contribution in [0.5, 0.6) is 0 Å². The summed E-state index contributed by atoms with van der Waals surface area (Å²) in [5.74, 6) is -0.0658. The second-order valence-corrected chi connectivity index (χ2v) is 4.59. The molecule has 2 amide bonds. The van der Waals surface area contributed by atoms with Gasteiger partial charge in [0, 0.05) is 44.1 Å². The van der Waals surface area contributed by atoms with Crippen molar-refractivity contribution in [3.05, 3.63) is 29.8 Å². The molecule has 0 unspecified atom stereocenters. The van der Waals surface area contributed by atoms with Crippen LogP contribution in [0.1, 0.15) is 30.1 Å². The predicted octanol–water partition coefficient (Wildman–Crippen LogP) is 1.45. The van der Waals surface area contributed by atoms with Gasteiger partial charge in [0.25, 0.3) is 5.91 Å². The number of carbonyl (C=O) groups is 3. The van der Waals surface area contributed by atoms with Crippen molar-refractivity contribution in [2.45, 2.75) is 19.8 Å². The minimum Gasteiger partial charge on any atom is -0.338 e. The molecular formula is C14H16N2O3. The molecule has 19 heavy (non-hydrogen) atoms. The molecule has 0 saturated carbocycles. The Morgan fingerprint density at radius 1 is 1.21 bits per heavy atom. The SMILES string of the molecule is CC(=O)Nc1cccc(C(=O)N2CCC(=O)CC2)c1. The number of hydrogen-bond donors (Lipinski definition) is 1. The van der Waals surface area contributed by atoms with Gasteiger partial charge < -0.3 is 10.2 Å². The van der Waals surface area contributed by atoms with E-state index in [4.69, 9.17) is 0 Å². The summed E-state index contributed by atoms with van der Waals surface area (Å²) >= 11 is 0. The third kappa shape index (κ3) is 3.40. The first-order valence-corrected chi connectivity index (χ1v) is 6.25. The number of anilines is 1. The lowest BCUT2D eigenvalue weighted by Crippen LogP contribution is -2.38. The molecule has 1 heterocycles. The number of nitrogens with one attached hydrogen (secondary N) is 1. The van der Waals surface area contributed by atoms with Crippen molar-refractivity contribution >= 4 is 23.3 Å². The second-order valence-electron chi connectivity index (χ2n) is 4.59. The number of Topliss-reactive ketones (excluding diaryl/α,β-unsaturated/α-hetero) is 1. The number of nitrogens with zero attached hydrogens (tertiary/aromatic N) is 1. The number of carbonyl (C=O) groups excluding carboxylic acids is 3. The number of ketones is 1. The van der Waals surface area contributed by atoms with Gasteiger partial charge in [0.15, 0.2) is 0 Å². The minimum absolute atomic E-state index is 0.0975. The van der Waals surface area contributed by atoms with E-state index in [-0.39, 0.29) is 17.6 Å². The molecule has 5 nitrogen and oxygen atoms in total. The van der Waals surface area contributed by atoms with E-state index >= 15 is 0 Å². The van der Waals surface area contributed by atoms with Crippen LogP contribution in [0.25, 0.3) is 0 Å². The number of rotatable bonds is 2. The fourth-order valence-corrected chi connectivity index (χ4v) is 2.08. The van der Waals surface area contributed by atoms with Crippen molar-refractivity contribution in [2.24, 2.45) is 0 Å². The number of amides is 2. The van der Waals surface area contributed by atoms with Gasteiger partial charge in [-0.05, 0) is 18.2 Å². The van der Waals surface area contributed by atoms with Crippen LogP contribution in [-0.2, 0) is 9.59 Å². The Kier molecular flexibility index (Phi) is 3.94. The standard InChI is InChI=1S/C14H16N2O3/c1-10(17)15-12-4-2-3-11(9-12)14(19)16-7-5-13(18)6-8-16/h2-4,9H,5-8H2,1H3,(H,15,17). The second kappa shape index (κ2) is 5.65. The topological polar surface area (TPSA) is 66.5 Å². The first-order chi connectivity index (χ1) is 9.06. The van der Waals surface area contributed by atoms with Gasteiger partial charge in [0.1, 0.15) is 5.78 Å². The van der Waals surface area contributed by atoms with Crippen LogP contribution in [0.15, 0.2) is 24.3 Å². The molecule has 0 aliphatic carbocycles. The predicted molar refractivity (Wildman–Crippen MR) is 70.9 cm³/mol. The van der Waals surface area contributed by atoms with Gasteiger partial charge in [-0.25, -0.2) is 0 Å². The van der Waals surface area contributed by atoms with Gasteiger partial charge in [0.2, 0.25) is 5.91 Å². The number of benzene rings is 1. The lowest BCUT2D eigenvalue weighted by Gasteiger charge is -2.26. The Hall–Kier alpha value is -2.17. The highest BCUT2D eigenvalue weighted by atomic mass is 16.2. The monoisotopic (exact) mass is 260 g/mol. The van der Waals surface area contributed by atoms with Crippen molar-refractivity contribution in [1.82, 2.24) is 4.90 Å². The van der Waals surface area contributed by atoms with Gasteiger partial charge in [-0.2, -0.15) is 0 Å². The molecule has 0 radical (unpaired) electrons. The summed E-state index contributed by atoms with van der Waals surface area (Å²) in [6.45, 7) is 2.37. The zero-order chi connectivity index (χ0) is 13.8. The average molecular weight is 260 g/mol. The maximum Gasteiger partial charge on any atom is 0.253 e. The van der Waals surface area contributed by atoms with Crippen molar-refractivity contribution < 1.29 is 14.4 Å². The fraction of sp³-hybridized carbons (Fsp3) is 0.357. The van der Waals surface area contributed by atoms with Crippen LogP contribution < -0.4 is 5.32 Å². The smallest absolute Gasteiger partial charge is 0.253 e. The van der Waals surface area contributed by atoms with Crippen molar-refractivity contribution in [2.75, 3.05) is 18.4 Å². The normalized spacial score (nSPS) is 15.2. The quantitative estimate of drug-likeness (QED) is 0.875. The summed E-state index contributed by atoms with van der Waals surface area (Å²) in [7, 11) is 0. The van der Waals surface area contributed by atoms with Crippen LogP contribution in [-0.4, -0.2) is 35.6 Å². The minimum atomic E-state index is -0.173. The zero-order valence-electron chi connectivity index (χ0n) is 10.8. The van der Waals surface area contributed by atoms with E-state index < -0.39 is 0 Å². The molecule has 0 aromatic heterocycles. The Bertz CT molecular complexity index is 515. The molecule has 1 aliphatic rings. The lowest BCUT2D eigenvalue weighted by atomic mass is 10.1. The molecule has 1 fully saturated rings. The highest BCUT2D eigenvalue weighted by molar-refractivity contribution is 5.97. The Balaban J connectivity index is 2.10. The van der Waals surface area contributed by atoms with Crippen molar-refractivity contribution in [3.8, 4) is 0 Å². The van der Waals surface area contributed by atoms with E-state index in [1.165, 1.54) is 6.92 Å². The fourth-order valence-electron chi connectivity index (χ4n) is 2.08. The summed E-state index contributed by atoms with van der Waals surface area (Å²) in [5, 5.41) is 2.65. The van der Waals surface area contributed by atoms with Gasteiger partial charge >= 0.3 is 0 Å². The third-order valence-corrected chi connectivity index (χ3v) is 3.04. The maximum absolute atomic E-state index is 12.2. The summed E-state index contributed by atoms with van der Waals surface area (Å²) in [6, 6.07) is 6.83. The van der Waals surface area contributed by atoms with Crippen molar-refractivity contribution in [1.29, 1.82) is 0 Å². The largest absolute Gasteiger partial charge is 0.338 e. The summed E-state index contributed by atoms with van der Waals surface area (Å²) in [4.78, 5) is 36.1. The lowest BCUT2D eigenvalue weighted by molar-refractivity contribution is -0.121. The third-order valence-electron chi connectivity index (χ3n) is 3.04. The summed E-state index contributed by atoms with van der Waals surface area (Å²) in [6.07, 6.45) is 0.855. The van der Waals surface area contributed by atoms with E-state index in [0.29, 0.717) is 37.2 Å². The molecule has 2 rings (SSSR count). The van der Waals surface area contributed by atoms with Crippen LogP contribution in [0.3, 0.4) is 0 Å². The molecule has 1 aromatic rings. The van der Waals surface area contributed by atoms with Gasteiger partial charge in [0.05, 0.1) is 0 Å². The maximum atomic E-state index is 12.2. The molecule has 0 atom stereocenters. The Labute approximate surface area is 111 Å². The van der Waals surface area contributed by atoms with Crippen LogP contribution in [0.4, 0.5) is 5.69 Å². The van der Waals surface area contributed by atoms with Gasteiger partial charge in [-0.15, -0.1) is 0 Å². The summed E-state index contributed by atoms with van der Waals surface area (Å²) in [5.41, 5.74) is 1.13. The van der Waals surface area contributed by atoms with Gasteiger partial charge in [-0.3, -0.25) is 14.4 Å². The van der Waals surface area contributed by atoms with E-state index in [9.17, 15) is 14.4 Å². The van der Waals surface area contributed by atoms with Crippen LogP contribution in [0, 0.1) is 0 Å². The molecule has 1 aromatic carbocycles. The summed E-state index contributed by atoms with van der Waals surface area (Å²) < 4.78 is 0. The molecular weight excluding hydrogens is 244 g/mol. The van der Waals surface area contributed by atoms with Crippen LogP contribution >= 0.6 is 0 Å². The molecule has 1 saturated heterocycles. The van der Waals surface area contributed by atoms with Crippen LogP contribution in [0.2, 0.25) is 0 Å². The van der Waals surface area contributed by atoms with Crippen molar-refractivity contribution in [3.63, 3.8) is 0 Å². The average Bonchev–Trinajstić information content (AvgIpc) is 2.38. The zero-order valence-corrected chi connectivity index (χ0v) is 10.8. The Morgan fingerprint density at radius 2 is 1.89 bits per heavy atom. The number of piperidine rings is 1. The number of likely N-dealkylation sites (tertiary alicyclic amines) is 1. The van der Waals surface area contributed by atoms with Gasteiger partial charge in [-0.1, -0.05) is 6.07 Å². The molecule has 5 heteroatoms. The highest BCUT2D eigenvalue weighted by Gasteiger charge is 2.21. The molecule has 100 valence electrons. The number of hydrogen-bond acceptors (Lipinski definition) is 3. The first kappa shape index (κ1) is 13.3.